The van der Waals surface area contributed by atoms with Gasteiger partial charge in [0, 0.05) is 32.8 Å². The quantitative estimate of drug-likeness (QED) is 0.210. The van der Waals surface area contributed by atoms with Crippen molar-refractivity contribution < 1.29 is 4.74 Å². The first-order chi connectivity index (χ1) is 21.3. The van der Waals surface area contributed by atoms with Crippen LogP contribution in [-0.4, -0.2) is 9.13 Å². The topological polar surface area (TPSA) is 19.1 Å². The van der Waals surface area contributed by atoms with Crippen LogP contribution in [0.25, 0.3) is 76.9 Å². The molecule has 10 rings (SSSR count). The summed E-state index contributed by atoms with van der Waals surface area (Å²) in [5.74, 6) is 1.77. The van der Waals surface area contributed by atoms with E-state index in [-0.39, 0.29) is 0 Å². The van der Waals surface area contributed by atoms with Crippen molar-refractivity contribution in [2.75, 3.05) is 0 Å². The minimum atomic E-state index is 0.876. The monoisotopic (exact) mass is 548 g/mol. The van der Waals surface area contributed by atoms with Crippen LogP contribution in [0.15, 0.2) is 146 Å². The Kier molecular flexibility index (Phi) is 4.45. The van der Waals surface area contributed by atoms with Gasteiger partial charge in [-0.3, -0.25) is 0 Å². The van der Waals surface area contributed by atoms with Crippen molar-refractivity contribution in [2.24, 2.45) is 0 Å². The van der Waals surface area contributed by atoms with E-state index in [2.05, 4.69) is 155 Å². The maximum atomic E-state index is 6.53. The van der Waals surface area contributed by atoms with E-state index in [4.69, 9.17) is 4.74 Å². The van der Waals surface area contributed by atoms with Crippen LogP contribution in [0.4, 0.5) is 0 Å². The van der Waals surface area contributed by atoms with Gasteiger partial charge in [0.15, 0.2) is 11.5 Å². The molecule has 1 aliphatic rings. The Balaban J connectivity index is 1.17. The lowest BCUT2D eigenvalue weighted by Gasteiger charge is -2.24. The molecule has 1 aliphatic heterocycles. The summed E-state index contributed by atoms with van der Waals surface area (Å²) >= 11 is 0. The first-order valence-corrected chi connectivity index (χ1v) is 14.7. The molecule has 9 aromatic rings. The fourth-order valence-electron chi connectivity index (χ4n) is 7.23. The molecule has 0 radical (unpaired) electrons. The summed E-state index contributed by atoms with van der Waals surface area (Å²) in [5, 5.41) is 7.42. The summed E-state index contributed by atoms with van der Waals surface area (Å²) in [4.78, 5) is 0. The summed E-state index contributed by atoms with van der Waals surface area (Å²) in [6.07, 6.45) is 0. The molecular weight excluding hydrogens is 524 g/mol. The highest BCUT2D eigenvalue weighted by Crippen LogP contribution is 2.48. The zero-order valence-electron chi connectivity index (χ0n) is 23.2. The predicted molar refractivity (Wildman–Crippen MR) is 178 cm³/mol. The third-order valence-electron chi connectivity index (χ3n) is 9.07. The van der Waals surface area contributed by atoms with Gasteiger partial charge in [0.05, 0.1) is 27.8 Å². The van der Waals surface area contributed by atoms with Crippen LogP contribution in [0.3, 0.4) is 0 Å². The van der Waals surface area contributed by atoms with Crippen LogP contribution in [0.2, 0.25) is 0 Å². The zero-order chi connectivity index (χ0) is 28.1. The standard InChI is InChI=1S/C40H24N2O/c1-4-14-34-30(9-1)31-10-2-5-15-35(31)41(34)28-22-21-25-23-27(20-19-26(25)24-28)29-12-7-17-37-39(29)42-36-16-6-3-11-32(36)33-13-8-18-38(43-37)40(33)42/h1-24H. The smallest absolute Gasteiger partial charge is 0.152 e. The largest absolute Gasteiger partial charge is 0.453 e. The van der Waals surface area contributed by atoms with Gasteiger partial charge in [0.1, 0.15) is 0 Å². The number of rotatable bonds is 2. The molecule has 0 amide bonds. The van der Waals surface area contributed by atoms with Gasteiger partial charge in [0.2, 0.25) is 0 Å². The lowest BCUT2D eigenvalue weighted by molar-refractivity contribution is 0.477. The van der Waals surface area contributed by atoms with Gasteiger partial charge in [-0.1, -0.05) is 97.1 Å². The molecule has 0 unspecified atom stereocenters. The molecule has 3 heteroatoms. The number of para-hydroxylation sites is 5. The van der Waals surface area contributed by atoms with E-state index < -0.39 is 0 Å². The summed E-state index contributed by atoms with van der Waals surface area (Å²) in [5.41, 5.74) is 9.35. The number of hydrogen-bond acceptors (Lipinski definition) is 1. The summed E-state index contributed by atoms with van der Waals surface area (Å²) in [6.45, 7) is 0. The molecule has 2 aromatic heterocycles. The summed E-state index contributed by atoms with van der Waals surface area (Å²) < 4.78 is 11.3. The van der Waals surface area contributed by atoms with Gasteiger partial charge < -0.3 is 13.9 Å². The van der Waals surface area contributed by atoms with Crippen molar-refractivity contribution in [3.63, 3.8) is 0 Å². The lowest BCUT2D eigenvalue weighted by Crippen LogP contribution is -2.06. The molecule has 0 N–H and O–H groups in total. The van der Waals surface area contributed by atoms with Crippen molar-refractivity contribution in [1.29, 1.82) is 0 Å². The molecule has 43 heavy (non-hydrogen) atoms. The molecule has 0 aliphatic carbocycles. The fraction of sp³-hybridized carbons (Fsp3) is 0. The Labute approximate surface area is 247 Å². The van der Waals surface area contributed by atoms with E-state index in [9.17, 15) is 0 Å². The average molecular weight is 549 g/mol. The molecule has 200 valence electrons. The Morgan fingerprint density at radius 1 is 0.419 bits per heavy atom. The van der Waals surface area contributed by atoms with E-state index in [0.29, 0.717) is 0 Å². The Morgan fingerprint density at radius 3 is 1.77 bits per heavy atom. The van der Waals surface area contributed by atoms with Crippen LogP contribution in [-0.2, 0) is 0 Å². The van der Waals surface area contributed by atoms with Crippen LogP contribution in [0.5, 0.6) is 11.5 Å². The Morgan fingerprint density at radius 2 is 1.00 bits per heavy atom. The highest BCUT2D eigenvalue weighted by molar-refractivity contribution is 6.13. The second kappa shape index (κ2) is 8.37. The van der Waals surface area contributed by atoms with E-state index >= 15 is 0 Å². The van der Waals surface area contributed by atoms with Crippen molar-refractivity contribution in [1.82, 2.24) is 9.13 Å². The molecule has 0 saturated heterocycles. The molecule has 0 saturated carbocycles. The van der Waals surface area contributed by atoms with E-state index in [1.54, 1.807) is 0 Å². The number of hydrogen-bond donors (Lipinski definition) is 0. The van der Waals surface area contributed by atoms with Gasteiger partial charge >= 0.3 is 0 Å². The Bertz CT molecular complexity index is 2550. The van der Waals surface area contributed by atoms with Crippen molar-refractivity contribution in [2.45, 2.75) is 0 Å². The van der Waals surface area contributed by atoms with E-state index in [1.807, 2.05) is 0 Å². The molecule has 7 aromatic carbocycles. The summed E-state index contributed by atoms with van der Waals surface area (Å²) in [6, 6.07) is 52.3. The lowest BCUT2D eigenvalue weighted by atomic mass is 9.98. The number of fused-ring (bicyclic) bond motifs is 9. The minimum absolute atomic E-state index is 0.876. The SMILES string of the molecule is c1cc2c(c(-c3ccc4cc(-n5c6ccccc6c6ccccc65)ccc4c3)c1)-n1c3ccccc3c3cccc(c31)O2. The highest BCUT2D eigenvalue weighted by atomic mass is 16.5. The molecule has 0 fully saturated rings. The van der Waals surface area contributed by atoms with Crippen LogP contribution < -0.4 is 4.74 Å². The van der Waals surface area contributed by atoms with Crippen LogP contribution >= 0.6 is 0 Å². The number of benzene rings is 7. The van der Waals surface area contributed by atoms with E-state index in [1.165, 1.54) is 60.1 Å². The van der Waals surface area contributed by atoms with E-state index in [0.717, 1.165) is 28.3 Å². The normalized spacial score (nSPS) is 12.4. The first-order valence-electron chi connectivity index (χ1n) is 14.7. The second-order valence-corrected chi connectivity index (χ2v) is 11.4. The van der Waals surface area contributed by atoms with Crippen molar-refractivity contribution in [3.05, 3.63) is 146 Å². The molecule has 0 spiro atoms. The number of nitrogens with zero attached hydrogens (tertiary/aromatic N) is 2. The molecule has 3 heterocycles. The number of ether oxygens (including phenoxy) is 1. The molecule has 3 nitrogen and oxygen atoms in total. The maximum absolute atomic E-state index is 6.53. The van der Waals surface area contributed by atoms with Crippen LogP contribution in [0, 0.1) is 0 Å². The first kappa shape index (κ1) is 22.8. The predicted octanol–water partition coefficient (Wildman–Crippen LogP) is 10.8. The molecular formula is C40H24N2O. The summed E-state index contributed by atoms with van der Waals surface area (Å²) in [7, 11) is 0. The third-order valence-corrected chi connectivity index (χ3v) is 9.07. The number of aromatic nitrogens is 2. The van der Waals surface area contributed by atoms with Crippen molar-refractivity contribution >= 4 is 54.4 Å². The maximum Gasteiger partial charge on any atom is 0.152 e. The molecule has 0 bridgehead atoms. The molecule has 0 atom stereocenters. The van der Waals surface area contributed by atoms with Gasteiger partial charge in [-0.2, -0.15) is 0 Å². The van der Waals surface area contributed by atoms with Gasteiger partial charge in [-0.15, -0.1) is 0 Å². The Hall–Kier alpha value is -5.80. The minimum Gasteiger partial charge on any atom is -0.453 e. The highest BCUT2D eigenvalue weighted by Gasteiger charge is 2.26. The van der Waals surface area contributed by atoms with Crippen molar-refractivity contribution in [3.8, 4) is 34.0 Å². The zero-order valence-corrected chi connectivity index (χ0v) is 23.2. The third kappa shape index (κ3) is 3.08. The second-order valence-electron chi connectivity index (χ2n) is 11.4. The van der Waals surface area contributed by atoms with Gasteiger partial charge in [-0.05, 0) is 64.9 Å². The van der Waals surface area contributed by atoms with Gasteiger partial charge in [0.25, 0.3) is 0 Å². The fourth-order valence-corrected chi connectivity index (χ4v) is 7.23. The van der Waals surface area contributed by atoms with Gasteiger partial charge in [-0.25, -0.2) is 0 Å². The van der Waals surface area contributed by atoms with Crippen LogP contribution in [0.1, 0.15) is 0 Å². The average Bonchev–Trinajstić information content (AvgIpc) is 3.59.